The van der Waals surface area contributed by atoms with Crippen LogP contribution in [0.25, 0.3) is 0 Å². The molecule has 2 aromatic carbocycles. The van der Waals surface area contributed by atoms with Gasteiger partial charge in [-0.05, 0) is 78.0 Å². The van der Waals surface area contributed by atoms with Crippen molar-refractivity contribution in [2.45, 2.75) is 83.5 Å². The van der Waals surface area contributed by atoms with E-state index in [1.165, 1.54) is 62.5 Å². The van der Waals surface area contributed by atoms with E-state index >= 15 is 0 Å². The highest BCUT2D eigenvalue weighted by molar-refractivity contribution is 5.32. The van der Waals surface area contributed by atoms with Gasteiger partial charge in [-0.15, -0.1) is 0 Å². The van der Waals surface area contributed by atoms with Gasteiger partial charge < -0.3 is 0 Å². The molecule has 0 unspecified atom stereocenters. The van der Waals surface area contributed by atoms with E-state index in [9.17, 15) is 0 Å². The molecule has 0 heteroatoms. The second-order valence-electron chi connectivity index (χ2n) is 9.57. The van der Waals surface area contributed by atoms with Crippen LogP contribution in [0.4, 0.5) is 0 Å². The Morgan fingerprint density at radius 3 is 1.19 bits per heavy atom. The molecule has 0 heterocycles. The second kappa shape index (κ2) is 8.63. The fourth-order valence-electron chi connectivity index (χ4n) is 5.24. The predicted octanol–water partition coefficient (Wildman–Crippen LogP) is 7.86. The maximum absolute atomic E-state index is 2.40. The Balaban J connectivity index is 1.35. The molecule has 2 fully saturated rings. The van der Waals surface area contributed by atoms with Crippen molar-refractivity contribution < 1.29 is 0 Å². The van der Waals surface area contributed by atoms with Crippen molar-refractivity contribution in [1.82, 2.24) is 0 Å². The van der Waals surface area contributed by atoms with Gasteiger partial charge in [-0.3, -0.25) is 0 Å². The minimum absolute atomic E-state index is 0.799. The first-order valence-corrected chi connectivity index (χ1v) is 11.3. The van der Waals surface area contributed by atoms with Gasteiger partial charge in [0.05, 0.1) is 0 Å². The van der Waals surface area contributed by atoms with Crippen LogP contribution >= 0.6 is 0 Å². The van der Waals surface area contributed by atoms with Gasteiger partial charge >= 0.3 is 0 Å². The van der Waals surface area contributed by atoms with Gasteiger partial charge in [-0.1, -0.05) is 88.1 Å². The van der Waals surface area contributed by atoms with Crippen LogP contribution in [0.5, 0.6) is 0 Å². The minimum atomic E-state index is 0.799. The smallest absolute Gasteiger partial charge is 0.00258 e. The van der Waals surface area contributed by atoms with E-state index in [-0.39, 0.29) is 0 Å². The molecule has 0 aromatic heterocycles. The fourth-order valence-corrected chi connectivity index (χ4v) is 5.24. The zero-order chi connectivity index (χ0) is 18.6. The zero-order valence-electron chi connectivity index (χ0n) is 17.3. The van der Waals surface area contributed by atoms with Gasteiger partial charge in [0.2, 0.25) is 0 Å². The molecule has 2 saturated carbocycles. The van der Waals surface area contributed by atoms with Crippen molar-refractivity contribution >= 4 is 0 Å². The molecule has 0 spiro atoms. The topological polar surface area (TPSA) is 0 Å². The molecule has 0 nitrogen and oxygen atoms in total. The van der Waals surface area contributed by atoms with Gasteiger partial charge in [0, 0.05) is 0 Å². The lowest BCUT2D eigenvalue weighted by Gasteiger charge is -2.26. The Labute approximate surface area is 166 Å². The van der Waals surface area contributed by atoms with Crippen molar-refractivity contribution in [3.8, 4) is 0 Å². The maximum atomic E-state index is 2.40. The first kappa shape index (κ1) is 18.8. The Morgan fingerprint density at radius 1 is 0.519 bits per heavy atom. The molecule has 2 aliphatic carbocycles. The zero-order valence-corrected chi connectivity index (χ0v) is 17.3. The van der Waals surface area contributed by atoms with Crippen molar-refractivity contribution in [2.75, 3.05) is 0 Å². The highest BCUT2D eigenvalue weighted by atomic mass is 14.3. The number of benzene rings is 2. The highest BCUT2D eigenvalue weighted by Crippen LogP contribution is 2.36. The van der Waals surface area contributed by atoms with Crippen molar-refractivity contribution in [2.24, 2.45) is 11.8 Å². The lowest BCUT2D eigenvalue weighted by atomic mass is 9.79. The summed E-state index contributed by atoms with van der Waals surface area (Å²) in [6.07, 6.45) is 12.2. The first-order valence-electron chi connectivity index (χ1n) is 11.3. The summed E-state index contributed by atoms with van der Waals surface area (Å²) in [5.74, 6) is 3.46. The third-order valence-electron chi connectivity index (χ3n) is 7.34. The van der Waals surface area contributed by atoms with Crippen LogP contribution in [-0.2, 0) is 6.42 Å². The van der Waals surface area contributed by atoms with Crippen LogP contribution in [0.1, 0.15) is 99.3 Å². The number of rotatable bonds is 4. The van der Waals surface area contributed by atoms with Crippen LogP contribution in [0, 0.1) is 11.8 Å². The van der Waals surface area contributed by atoms with E-state index in [1.807, 2.05) is 0 Å². The van der Waals surface area contributed by atoms with E-state index in [0.717, 1.165) is 30.1 Å². The molecule has 144 valence electrons. The molecular formula is C27H36. The molecule has 0 radical (unpaired) electrons. The van der Waals surface area contributed by atoms with Gasteiger partial charge in [0.25, 0.3) is 0 Å². The monoisotopic (exact) mass is 360 g/mol. The highest BCUT2D eigenvalue weighted by Gasteiger charge is 2.20. The Hall–Kier alpha value is -1.56. The Morgan fingerprint density at radius 2 is 0.852 bits per heavy atom. The summed E-state index contributed by atoms with van der Waals surface area (Å²) >= 11 is 0. The van der Waals surface area contributed by atoms with Crippen molar-refractivity contribution in [3.05, 3.63) is 70.8 Å². The van der Waals surface area contributed by atoms with E-state index in [4.69, 9.17) is 0 Å². The van der Waals surface area contributed by atoms with Gasteiger partial charge in [0.1, 0.15) is 0 Å². The molecule has 27 heavy (non-hydrogen) atoms. The summed E-state index contributed by atoms with van der Waals surface area (Å²) in [4.78, 5) is 0. The number of hydrogen-bond donors (Lipinski definition) is 0. The van der Waals surface area contributed by atoms with E-state index in [2.05, 4.69) is 62.4 Å². The summed E-state index contributed by atoms with van der Waals surface area (Å²) < 4.78 is 0. The summed E-state index contributed by atoms with van der Waals surface area (Å²) in [7, 11) is 0. The fraction of sp³-hybridized carbons (Fsp3) is 0.556. The van der Waals surface area contributed by atoms with Crippen molar-refractivity contribution in [1.29, 1.82) is 0 Å². The molecule has 0 atom stereocenters. The predicted molar refractivity (Wildman–Crippen MR) is 116 cm³/mol. The molecule has 0 amide bonds. The quantitative estimate of drug-likeness (QED) is 0.520. The average Bonchev–Trinajstić information content (AvgIpc) is 2.71. The summed E-state index contributed by atoms with van der Waals surface area (Å²) in [6, 6.07) is 19.0. The summed E-state index contributed by atoms with van der Waals surface area (Å²) in [5, 5.41) is 0. The molecule has 0 aliphatic heterocycles. The normalized spacial score (nSPS) is 28.8. The van der Waals surface area contributed by atoms with E-state index < -0.39 is 0 Å². The van der Waals surface area contributed by atoms with Gasteiger partial charge in [-0.2, -0.15) is 0 Å². The van der Waals surface area contributed by atoms with Crippen LogP contribution in [-0.4, -0.2) is 0 Å². The maximum Gasteiger partial charge on any atom is -0.00258 e. The SMILES string of the molecule is CC1CCC(c2ccc(Cc3ccc(C4CCC(C)CC4)cc3)cc2)CC1. The molecule has 2 aromatic rings. The number of hydrogen-bond acceptors (Lipinski definition) is 0. The summed E-state index contributed by atoms with van der Waals surface area (Å²) in [6.45, 7) is 4.80. The Kier molecular flexibility index (Phi) is 6.01. The van der Waals surface area contributed by atoms with Crippen molar-refractivity contribution in [3.63, 3.8) is 0 Å². The molecule has 4 rings (SSSR count). The van der Waals surface area contributed by atoms with Gasteiger partial charge in [0.15, 0.2) is 0 Å². The van der Waals surface area contributed by atoms with Crippen LogP contribution in [0.15, 0.2) is 48.5 Å². The van der Waals surface area contributed by atoms with E-state index in [1.54, 1.807) is 11.1 Å². The van der Waals surface area contributed by atoms with Crippen LogP contribution < -0.4 is 0 Å². The van der Waals surface area contributed by atoms with Gasteiger partial charge in [-0.25, -0.2) is 0 Å². The standard InChI is InChI=1S/C27H36/c1-20-3-11-24(12-4-20)26-15-7-22(8-16-26)19-23-9-17-27(18-10-23)25-13-5-21(2)6-14-25/h7-10,15-18,20-21,24-25H,3-6,11-14,19H2,1-2H3. The summed E-state index contributed by atoms with van der Waals surface area (Å²) in [5.41, 5.74) is 6.02. The molecule has 0 saturated heterocycles. The van der Waals surface area contributed by atoms with Crippen LogP contribution in [0.3, 0.4) is 0 Å². The lowest BCUT2D eigenvalue weighted by molar-refractivity contribution is 0.348. The largest absolute Gasteiger partial charge is 0.0625 e. The minimum Gasteiger partial charge on any atom is -0.0625 e. The third kappa shape index (κ3) is 4.84. The molecule has 0 N–H and O–H groups in total. The van der Waals surface area contributed by atoms with E-state index in [0.29, 0.717) is 0 Å². The Bertz CT molecular complexity index is 629. The second-order valence-corrected chi connectivity index (χ2v) is 9.57. The molecular weight excluding hydrogens is 324 g/mol. The third-order valence-corrected chi connectivity index (χ3v) is 7.34. The van der Waals surface area contributed by atoms with Crippen LogP contribution in [0.2, 0.25) is 0 Å². The lowest BCUT2D eigenvalue weighted by Crippen LogP contribution is -2.11. The average molecular weight is 361 g/mol. The molecule has 0 bridgehead atoms. The molecule has 2 aliphatic rings. The first-order chi connectivity index (χ1) is 13.2.